The van der Waals surface area contributed by atoms with E-state index in [0.717, 1.165) is 6.26 Å². The van der Waals surface area contributed by atoms with Gasteiger partial charge in [-0.1, -0.05) is 0 Å². The van der Waals surface area contributed by atoms with Crippen LogP contribution in [0.15, 0.2) is 33.7 Å². The largest absolute Gasteiger partial charge is 0.495 e. The zero-order valence-corrected chi connectivity index (χ0v) is 11.4. The fourth-order valence-electron chi connectivity index (χ4n) is 1.70. The third-order valence-electron chi connectivity index (χ3n) is 2.79. The lowest BCUT2D eigenvalue weighted by atomic mass is 9.81. The highest BCUT2D eigenvalue weighted by Crippen LogP contribution is 2.18. The van der Waals surface area contributed by atoms with Gasteiger partial charge in [0.05, 0.1) is 30.3 Å². The predicted octanol–water partition coefficient (Wildman–Crippen LogP) is -0.528. The molecule has 8 heteroatoms. The quantitative estimate of drug-likeness (QED) is 0.402. The lowest BCUT2D eigenvalue weighted by molar-refractivity contribution is -0.00843. The van der Waals surface area contributed by atoms with Crippen LogP contribution in [0.5, 0.6) is 5.75 Å². The van der Waals surface area contributed by atoms with E-state index in [9.17, 15) is 4.79 Å². The first kappa shape index (κ1) is 15.5. The van der Waals surface area contributed by atoms with Gasteiger partial charge in [0.1, 0.15) is 11.3 Å². The summed E-state index contributed by atoms with van der Waals surface area (Å²) in [6.45, 7) is 0.936. The Hall–Kier alpha value is -1.87. The van der Waals surface area contributed by atoms with Gasteiger partial charge in [-0.15, -0.1) is 0 Å². The molecule has 1 aromatic heterocycles. The molecule has 2 aromatic rings. The molecule has 112 valence electrons. The Morgan fingerprint density at radius 3 is 2.81 bits per heavy atom. The van der Waals surface area contributed by atoms with Crippen molar-refractivity contribution in [2.24, 2.45) is 0 Å². The molecule has 0 spiro atoms. The van der Waals surface area contributed by atoms with E-state index in [0.29, 0.717) is 24.5 Å². The summed E-state index contributed by atoms with van der Waals surface area (Å²) in [4.78, 5) is 12.0. The van der Waals surface area contributed by atoms with Gasteiger partial charge in [0, 0.05) is 13.2 Å². The molecule has 2 N–H and O–H groups in total. The molecule has 0 saturated carbocycles. The topological polar surface area (TPSA) is 98.4 Å². The van der Waals surface area contributed by atoms with Gasteiger partial charge in [-0.05, 0) is 12.1 Å². The second-order valence-electron chi connectivity index (χ2n) is 4.22. The summed E-state index contributed by atoms with van der Waals surface area (Å²) in [5.74, 6) is 0.473. The van der Waals surface area contributed by atoms with Crippen molar-refractivity contribution < 1.29 is 28.7 Å². The molecular formula is C13H15BO7. The molecule has 0 aliphatic heterocycles. The molecule has 0 aliphatic rings. The van der Waals surface area contributed by atoms with E-state index in [1.54, 1.807) is 13.2 Å². The molecule has 1 aromatic carbocycles. The van der Waals surface area contributed by atoms with Crippen LogP contribution in [0.3, 0.4) is 0 Å². The van der Waals surface area contributed by atoms with Crippen LogP contribution in [0.2, 0.25) is 0 Å². The normalized spacial score (nSPS) is 10.8. The maximum absolute atomic E-state index is 12.0. The van der Waals surface area contributed by atoms with Crippen molar-refractivity contribution in [1.29, 1.82) is 0 Å². The highest BCUT2D eigenvalue weighted by Gasteiger charge is 2.18. The molecule has 21 heavy (non-hydrogen) atoms. The van der Waals surface area contributed by atoms with Gasteiger partial charge >= 0.3 is 7.12 Å². The number of fused-ring (bicyclic) bond motifs is 1. The number of benzene rings is 1. The Bertz CT molecular complexity index is 653. The highest BCUT2D eigenvalue weighted by molar-refractivity contribution is 6.58. The zero-order valence-electron chi connectivity index (χ0n) is 11.4. The number of hydrogen-bond donors (Lipinski definition) is 2. The van der Waals surface area contributed by atoms with Crippen LogP contribution >= 0.6 is 0 Å². The molecule has 0 amide bonds. The SMILES string of the molecule is COCCOCOc1ccc2c(=O)c(B(O)O)coc2c1. The molecule has 0 saturated heterocycles. The zero-order chi connectivity index (χ0) is 15.2. The van der Waals surface area contributed by atoms with E-state index in [1.807, 2.05) is 0 Å². The van der Waals surface area contributed by atoms with Crippen molar-refractivity contribution in [2.45, 2.75) is 0 Å². The Kier molecular flexibility index (Phi) is 5.35. The molecule has 0 unspecified atom stereocenters. The second-order valence-corrected chi connectivity index (χ2v) is 4.22. The average Bonchev–Trinajstić information content (AvgIpc) is 2.47. The van der Waals surface area contributed by atoms with Crippen LogP contribution in [-0.4, -0.2) is 44.3 Å². The van der Waals surface area contributed by atoms with E-state index >= 15 is 0 Å². The highest BCUT2D eigenvalue weighted by atomic mass is 16.7. The molecule has 1 heterocycles. The lowest BCUT2D eigenvalue weighted by Crippen LogP contribution is -2.41. The predicted molar refractivity (Wildman–Crippen MR) is 75.6 cm³/mol. The van der Waals surface area contributed by atoms with Crippen LogP contribution in [-0.2, 0) is 9.47 Å². The molecule has 2 rings (SSSR count). The van der Waals surface area contributed by atoms with Crippen molar-refractivity contribution in [1.82, 2.24) is 0 Å². The molecule has 0 aliphatic carbocycles. The molecule has 0 atom stereocenters. The first-order valence-electron chi connectivity index (χ1n) is 6.24. The summed E-state index contributed by atoms with van der Waals surface area (Å²) in [5, 5.41) is 18.3. The van der Waals surface area contributed by atoms with Gasteiger partial charge in [-0.25, -0.2) is 0 Å². The molecule has 0 fully saturated rings. The summed E-state index contributed by atoms with van der Waals surface area (Å²) in [7, 11) is -0.289. The summed E-state index contributed by atoms with van der Waals surface area (Å²) in [6.07, 6.45) is 1.02. The second kappa shape index (κ2) is 7.23. The monoisotopic (exact) mass is 294 g/mol. The van der Waals surface area contributed by atoms with Crippen LogP contribution in [0.25, 0.3) is 11.0 Å². The van der Waals surface area contributed by atoms with Gasteiger partial charge in [0.2, 0.25) is 0 Å². The van der Waals surface area contributed by atoms with E-state index in [2.05, 4.69) is 0 Å². The Morgan fingerprint density at radius 1 is 1.29 bits per heavy atom. The van der Waals surface area contributed by atoms with Crippen molar-refractivity contribution >= 4 is 23.6 Å². The Balaban J connectivity index is 2.12. The van der Waals surface area contributed by atoms with Crippen LogP contribution < -0.4 is 15.6 Å². The summed E-state index contributed by atoms with van der Waals surface area (Å²) < 4.78 is 20.5. The van der Waals surface area contributed by atoms with Gasteiger partial charge in [-0.2, -0.15) is 0 Å². The van der Waals surface area contributed by atoms with Crippen LogP contribution in [0.4, 0.5) is 0 Å². The smallest absolute Gasteiger partial charge is 0.467 e. The molecular weight excluding hydrogens is 279 g/mol. The number of methoxy groups -OCH3 is 1. The number of rotatable bonds is 7. The minimum absolute atomic E-state index is 0.0482. The van der Waals surface area contributed by atoms with Crippen molar-refractivity contribution in [2.75, 3.05) is 27.1 Å². The fraction of sp³-hybridized carbons (Fsp3) is 0.308. The minimum atomic E-state index is -1.87. The first-order chi connectivity index (χ1) is 10.1. The summed E-state index contributed by atoms with van der Waals surface area (Å²) in [5.41, 5.74) is -0.410. The maximum Gasteiger partial charge on any atom is 0.495 e. The van der Waals surface area contributed by atoms with Gasteiger partial charge in [0.15, 0.2) is 12.2 Å². The minimum Gasteiger partial charge on any atom is -0.467 e. The Morgan fingerprint density at radius 2 is 2.10 bits per heavy atom. The standard InChI is InChI=1S/C13H15BO7/c1-18-4-5-19-8-21-9-2-3-10-12(6-9)20-7-11(13(10)15)14(16)17/h2-3,6-7,16-17H,4-5,8H2,1H3. The van der Waals surface area contributed by atoms with E-state index in [4.69, 9.17) is 28.7 Å². The molecule has 7 nitrogen and oxygen atoms in total. The van der Waals surface area contributed by atoms with E-state index in [1.165, 1.54) is 12.1 Å². The summed E-state index contributed by atoms with van der Waals surface area (Å²) in [6, 6.07) is 4.61. The fourth-order valence-corrected chi connectivity index (χ4v) is 1.70. The third kappa shape index (κ3) is 3.82. The van der Waals surface area contributed by atoms with Crippen LogP contribution in [0.1, 0.15) is 0 Å². The van der Waals surface area contributed by atoms with Crippen LogP contribution in [0, 0.1) is 0 Å². The van der Waals surface area contributed by atoms with Crippen molar-refractivity contribution in [3.05, 3.63) is 34.7 Å². The first-order valence-corrected chi connectivity index (χ1v) is 6.24. The average molecular weight is 294 g/mol. The maximum atomic E-state index is 12.0. The van der Waals surface area contributed by atoms with Gasteiger partial charge in [0.25, 0.3) is 0 Å². The lowest BCUT2D eigenvalue weighted by Gasteiger charge is -2.08. The van der Waals surface area contributed by atoms with Gasteiger partial charge in [-0.3, -0.25) is 4.79 Å². The van der Waals surface area contributed by atoms with Crippen molar-refractivity contribution in [3.8, 4) is 5.75 Å². The van der Waals surface area contributed by atoms with E-state index in [-0.39, 0.29) is 17.6 Å². The third-order valence-corrected chi connectivity index (χ3v) is 2.79. The number of hydrogen-bond acceptors (Lipinski definition) is 7. The van der Waals surface area contributed by atoms with Crippen molar-refractivity contribution in [3.63, 3.8) is 0 Å². The summed E-state index contributed by atoms with van der Waals surface area (Å²) >= 11 is 0. The Labute approximate surface area is 120 Å². The number of ether oxygens (including phenoxy) is 3. The molecule has 0 bridgehead atoms. The molecule has 0 radical (unpaired) electrons. The van der Waals surface area contributed by atoms with Gasteiger partial charge < -0.3 is 28.7 Å². The van der Waals surface area contributed by atoms with E-state index < -0.39 is 12.5 Å².